The van der Waals surface area contributed by atoms with Gasteiger partial charge in [0.05, 0.1) is 5.70 Å². The van der Waals surface area contributed by atoms with E-state index >= 15 is 0 Å². The molecule has 0 saturated carbocycles. The molecule has 0 radical (unpaired) electrons. The Morgan fingerprint density at radius 3 is 2.29 bits per heavy atom. The summed E-state index contributed by atoms with van der Waals surface area (Å²) in [6, 6.07) is 17.7. The summed E-state index contributed by atoms with van der Waals surface area (Å²) in [5, 5.41) is 13.2. The second-order valence-electron chi connectivity index (χ2n) is 8.87. The van der Waals surface area contributed by atoms with Gasteiger partial charge in [-0.1, -0.05) is 73.1 Å². The minimum atomic E-state index is -0.322. The molecule has 2 amide bonds. The number of hydrogen-bond acceptors (Lipinski definition) is 5. The van der Waals surface area contributed by atoms with Crippen molar-refractivity contribution in [1.82, 2.24) is 9.80 Å². The number of anilines is 1. The topological polar surface area (TPSA) is 67.6 Å². The summed E-state index contributed by atoms with van der Waals surface area (Å²) >= 11 is 7.66. The molecule has 2 heterocycles. The minimum Gasteiger partial charge on any atom is -0.339 e. The first-order valence-corrected chi connectivity index (χ1v) is 12.8. The number of rotatable bonds is 4. The van der Waals surface area contributed by atoms with Crippen molar-refractivity contribution >= 4 is 46.6 Å². The molecule has 6 nitrogen and oxygen atoms in total. The van der Waals surface area contributed by atoms with E-state index in [2.05, 4.69) is 6.07 Å². The molecule has 1 fully saturated rings. The molecule has 0 aliphatic carbocycles. The Bertz CT molecular complexity index is 1240. The number of benzene rings is 2. The zero-order valence-corrected chi connectivity index (χ0v) is 21.6. The van der Waals surface area contributed by atoms with Crippen molar-refractivity contribution in [1.29, 1.82) is 5.26 Å². The third-order valence-corrected chi connectivity index (χ3v) is 7.24. The van der Waals surface area contributed by atoms with Crippen LogP contribution in [0.25, 0.3) is 5.70 Å². The molecule has 0 aromatic heterocycles. The first kappa shape index (κ1) is 24.9. The molecule has 1 saturated heterocycles. The molecule has 0 bridgehead atoms. The standard InChI is InChI=1S/C27H27ClN4O2S/c1-18(2)25(33)30-11-13-31(14-12-30)26(34)23(16-29)27-32(22-6-4-5-21(28)15-22)24(17-35-27)20-9-7-19(3)8-10-20/h4-10,15,17-18H,11-14H2,1-3H3/b27-23-. The minimum absolute atomic E-state index is 0.0805. The molecular weight excluding hydrogens is 480 g/mol. The van der Waals surface area contributed by atoms with Crippen molar-refractivity contribution in [3.05, 3.63) is 80.7 Å². The van der Waals surface area contributed by atoms with Crippen LogP contribution in [0.15, 0.2) is 64.5 Å². The van der Waals surface area contributed by atoms with Crippen molar-refractivity contribution in [2.45, 2.75) is 20.8 Å². The summed E-state index contributed by atoms with van der Waals surface area (Å²) in [7, 11) is 0. The van der Waals surface area contributed by atoms with Crippen molar-refractivity contribution in [2.75, 3.05) is 31.1 Å². The molecule has 4 rings (SSSR count). The molecule has 0 N–H and O–H groups in total. The maximum absolute atomic E-state index is 13.5. The van der Waals surface area contributed by atoms with E-state index in [-0.39, 0.29) is 23.3 Å². The summed E-state index contributed by atoms with van der Waals surface area (Å²) in [5.41, 5.74) is 3.85. The highest BCUT2D eigenvalue weighted by Crippen LogP contribution is 2.45. The Labute approximate surface area is 215 Å². The van der Waals surface area contributed by atoms with Gasteiger partial charge in [-0.25, -0.2) is 0 Å². The molecule has 35 heavy (non-hydrogen) atoms. The Morgan fingerprint density at radius 2 is 1.69 bits per heavy atom. The van der Waals surface area contributed by atoms with Crippen molar-refractivity contribution in [2.24, 2.45) is 5.92 Å². The summed E-state index contributed by atoms with van der Waals surface area (Å²) in [5.74, 6) is -0.319. The van der Waals surface area contributed by atoms with Crippen molar-refractivity contribution < 1.29 is 9.59 Å². The third-order valence-electron chi connectivity index (χ3n) is 6.05. The van der Waals surface area contributed by atoms with Crippen LogP contribution in [0.4, 0.5) is 5.69 Å². The fourth-order valence-corrected chi connectivity index (χ4v) is 5.34. The number of carbonyl (C=O) groups excluding carboxylic acids is 2. The number of aryl methyl sites for hydroxylation is 1. The zero-order chi connectivity index (χ0) is 25.1. The third kappa shape index (κ3) is 5.24. The van der Waals surface area contributed by atoms with Crippen LogP contribution in [0, 0.1) is 24.2 Å². The quantitative estimate of drug-likeness (QED) is 0.418. The van der Waals surface area contributed by atoms with E-state index < -0.39 is 0 Å². The molecule has 2 aromatic carbocycles. The Balaban J connectivity index is 1.67. The van der Waals surface area contributed by atoms with Crippen LogP contribution in [0.3, 0.4) is 0 Å². The van der Waals surface area contributed by atoms with Gasteiger partial charge in [0, 0.05) is 48.2 Å². The second-order valence-corrected chi connectivity index (χ2v) is 10.2. The Kier molecular flexibility index (Phi) is 7.54. The van der Waals surface area contributed by atoms with Gasteiger partial charge in [0.1, 0.15) is 16.7 Å². The molecule has 2 aromatic rings. The van der Waals surface area contributed by atoms with Gasteiger partial charge in [0.15, 0.2) is 0 Å². The molecular formula is C27H27ClN4O2S. The number of nitrogens with zero attached hydrogens (tertiary/aromatic N) is 4. The van der Waals surface area contributed by atoms with Gasteiger partial charge >= 0.3 is 0 Å². The second kappa shape index (κ2) is 10.6. The average Bonchev–Trinajstić information content (AvgIpc) is 3.29. The van der Waals surface area contributed by atoms with Gasteiger partial charge in [-0.15, -0.1) is 0 Å². The van der Waals surface area contributed by atoms with Crippen molar-refractivity contribution in [3.8, 4) is 6.07 Å². The molecule has 2 aliphatic rings. The van der Waals surface area contributed by atoms with E-state index in [0.29, 0.717) is 36.2 Å². The maximum Gasteiger partial charge on any atom is 0.267 e. The van der Waals surface area contributed by atoms with Gasteiger partial charge in [0.25, 0.3) is 5.91 Å². The zero-order valence-electron chi connectivity index (χ0n) is 20.0. The van der Waals surface area contributed by atoms with Crippen LogP contribution in [0.1, 0.15) is 25.0 Å². The largest absolute Gasteiger partial charge is 0.339 e. The summed E-state index contributed by atoms with van der Waals surface area (Å²) < 4.78 is 0. The number of hydrogen-bond donors (Lipinski definition) is 0. The van der Waals surface area contributed by atoms with Crippen LogP contribution >= 0.6 is 23.4 Å². The van der Waals surface area contributed by atoms with Crippen LogP contribution in [-0.2, 0) is 9.59 Å². The summed E-state index contributed by atoms with van der Waals surface area (Å²) in [6.45, 7) is 7.51. The molecule has 2 aliphatic heterocycles. The highest BCUT2D eigenvalue weighted by atomic mass is 35.5. The first-order valence-electron chi connectivity index (χ1n) is 11.5. The SMILES string of the molecule is Cc1ccc(C2=CS/C(=C(/C#N)C(=O)N3CCN(C(=O)C(C)C)CC3)N2c2cccc(Cl)c2)cc1. The smallest absolute Gasteiger partial charge is 0.267 e. The average molecular weight is 507 g/mol. The number of carbonyl (C=O) groups is 2. The van der Waals surface area contributed by atoms with Gasteiger partial charge in [0.2, 0.25) is 5.91 Å². The fraction of sp³-hybridized carbons (Fsp3) is 0.296. The van der Waals surface area contributed by atoms with E-state index in [4.69, 9.17) is 11.6 Å². The van der Waals surface area contributed by atoms with E-state index in [1.165, 1.54) is 11.8 Å². The van der Waals surface area contributed by atoms with Crippen LogP contribution in [0.5, 0.6) is 0 Å². The number of halogens is 1. The van der Waals surface area contributed by atoms with Gasteiger partial charge in [-0.05, 0) is 30.7 Å². The van der Waals surface area contributed by atoms with E-state index in [9.17, 15) is 14.9 Å². The Hall–Kier alpha value is -3.21. The molecule has 180 valence electrons. The van der Waals surface area contributed by atoms with E-state index in [0.717, 1.165) is 22.5 Å². The first-order chi connectivity index (χ1) is 16.8. The van der Waals surface area contributed by atoms with Crippen LogP contribution < -0.4 is 4.90 Å². The predicted molar refractivity (Wildman–Crippen MR) is 141 cm³/mol. The van der Waals surface area contributed by atoms with Crippen LogP contribution in [-0.4, -0.2) is 47.8 Å². The number of piperazine rings is 1. The lowest BCUT2D eigenvalue weighted by molar-refractivity contribution is -0.139. The van der Waals surface area contributed by atoms with Gasteiger partial charge in [-0.2, -0.15) is 5.26 Å². The summed E-state index contributed by atoms with van der Waals surface area (Å²) in [4.78, 5) is 31.2. The maximum atomic E-state index is 13.5. The molecule has 0 atom stereocenters. The molecule has 0 unspecified atom stereocenters. The fourth-order valence-electron chi connectivity index (χ4n) is 4.13. The van der Waals surface area contributed by atoms with Crippen molar-refractivity contribution in [3.63, 3.8) is 0 Å². The van der Waals surface area contributed by atoms with Gasteiger partial charge in [-0.3, -0.25) is 9.59 Å². The Morgan fingerprint density at radius 1 is 1.03 bits per heavy atom. The number of nitriles is 1. The lowest BCUT2D eigenvalue weighted by Crippen LogP contribution is -2.52. The summed E-state index contributed by atoms with van der Waals surface area (Å²) in [6.07, 6.45) is 0. The highest BCUT2D eigenvalue weighted by molar-refractivity contribution is 8.06. The lowest BCUT2D eigenvalue weighted by Gasteiger charge is -2.36. The molecule has 8 heteroatoms. The predicted octanol–water partition coefficient (Wildman–Crippen LogP) is 5.26. The lowest BCUT2D eigenvalue weighted by atomic mass is 10.1. The highest BCUT2D eigenvalue weighted by Gasteiger charge is 2.33. The van der Waals surface area contributed by atoms with Gasteiger partial charge < -0.3 is 14.7 Å². The monoisotopic (exact) mass is 506 g/mol. The normalized spacial score (nSPS) is 17.4. The molecule has 0 spiro atoms. The number of amides is 2. The van der Waals surface area contributed by atoms with Crippen LogP contribution in [0.2, 0.25) is 5.02 Å². The van der Waals surface area contributed by atoms with E-state index in [1.54, 1.807) is 15.9 Å². The number of thioether (sulfide) groups is 1. The van der Waals surface area contributed by atoms with E-state index in [1.807, 2.05) is 73.5 Å².